The maximum Gasteiger partial charge on any atom is 0.263 e. The molecule has 0 unspecified atom stereocenters. The lowest BCUT2D eigenvalue weighted by Crippen LogP contribution is -2.38. The van der Waals surface area contributed by atoms with Gasteiger partial charge in [0.15, 0.2) is 9.84 Å². The number of sulfone groups is 1. The Bertz CT molecular complexity index is 1040. The monoisotopic (exact) mass is 413 g/mol. The van der Waals surface area contributed by atoms with E-state index in [0.717, 1.165) is 11.6 Å². The first-order valence-electron chi connectivity index (χ1n) is 7.48. The average molecular weight is 414 g/mol. The molecule has 0 saturated heterocycles. The van der Waals surface area contributed by atoms with E-state index in [-0.39, 0.29) is 17.7 Å². The first-order chi connectivity index (χ1) is 12.2. The molecule has 1 atom stereocenters. The molecule has 7 nitrogen and oxygen atoms in total. The minimum atomic E-state index is -3.30. The summed E-state index contributed by atoms with van der Waals surface area (Å²) in [5, 5.41) is 4.39. The standard InChI is InChI=1S/C16H13Cl2N3O4S/c17-12-2-1-3-13(18)10(12)6-14-19-7-11(16(23)21-14)15(22)20-9-4-5-26(24,25)8-9/h1-5,7,9H,6,8H2,(H,20,22)(H,19,21,23)/t9-/m0/s1. The number of benzene rings is 1. The SMILES string of the molecule is O=C(N[C@H]1C=CS(=O)(=O)C1)c1cnc(Cc2c(Cl)cccc2Cl)[nH]c1=O. The second-order valence-corrected chi connectivity index (χ2v) is 8.43. The van der Waals surface area contributed by atoms with Crippen molar-refractivity contribution in [3.8, 4) is 0 Å². The van der Waals surface area contributed by atoms with Gasteiger partial charge in [0.2, 0.25) is 0 Å². The van der Waals surface area contributed by atoms with Crippen molar-refractivity contribution in [1.82, 2.24) is 15.3 Å². The number of hydrogen-bond acceptors (Lipinski definition) is 5. The second kappa shape index (κ2) is 7.22. The predicted octanol–water partition coefficient (Wildman–Crippen LogP) is 1.71. The number of H-pyrrole nitrogens is 1. The fourth-order valence-corrected chi connectivity index (χ4v) is 4.23. The summed E-state index contributed by atoms with van der Waals surface area (Å²) >= 11 is 12.2. The van der Waals surface area contributed by atoms with Crippen LogP contribution in [0.5, 0.6) is 0 Å². The summed E-state index contributed by atoms with van der Waals surface area (Å²) in [6, 6.07) is 4.38. The number of nitrogens with zero attached hydrogens (tertiary/aromatic N) is 1. The van der Waals surface area contributed by atoms with Crippen LogP contribution in [-0.4, -0.2) is 36.1 Å². The van der Waals surface area contributed by atoms with Crippen LogP contribution < -0.4 is 10.9 Å². The Labute approximate surface area is 159 Å². The quantitative estimate of drug-likeness (QED) is 0.792. The number of amides is 1. The zero-order valence-electron chi connectivity index (χ0n) is 13.2. The van der Waals surface area contributed by atoms with Gasteiger partial charge in [-0.3, -0.25) is 9.59 Å². The van der Waals surface area contributed by atoms with Crippen LogP contribution in [-0.2, 0) is 16.3 Å². The van der Waals surface area contributed by atoms with Crippen molar-refractivity contribution in [2.24, 2.45) is 0 Å². The highest BCUT2D eigenvalue weighted by Crippen LogP contribution is 2.25. The molecule has 0 spiro atoms. The number of rotatable bonds is 4. The van der Waals surface area contributed by atoms with Crippen LogP contribution in [0, 0.1) is 0 Å². The van der Waals surface area contributed by atoms with Crippen molar-refractivity contribution in [2.75, 3.05) is 5.75 Å². The number of carbonyl (C=O) groups is 1. The van der Waals surface area contributed by atoms with Gasteiger partial charge in [0, 0.05) is 28.1 Å². The van der Waals surface area contributed by atoms with Crippen molar-refractivity contribution < 1.29 is 13.2 Å². The van der Waals surface area contributed by atoms with E-state index < -0.39 is 27.3 Å². The molecule has 0 bridgehead atoms. The topological polar surface area (TPSA) is 109 Å². The molecule has 0 saturated carbocycles. The van der Waals surface area contributed by atoms with Gasteiger partial charge in [0.1, 0.15) is 11.4 Å². The number of aromatic nitrogens is 2. The molecule has 10 heteroatoms. The van der Waals surface area contributed by atoms with Gasteiger partial charge in [-0.25, -0.2) is 13.4 Å². The highest BCUT2D eigenvalue weighted by molar-refractivity contribution is 7.94. The van der Waals surface area contributed by atoms with Crippen molar-refractivity contribution >= 4 is 38.9 Å². The van der Waals surface area contributed by atoms with Gasteiger partial charge >= 0.3 is 0 Å². The summed E-state index contributed by atoms with van der Waals surface area (Å²) in [6.45, 7) is 0. The number of aromatic amines is 1. The van der Waals surface area contributed by atoms with Crippen LogP contribution in [0.3, 0.4) is 0 Å². The van der Waals surface area contributed by atoms with E-state index in [9.17, 15) is 18.0 Å². The normalized spacial score (nSPS) is 18.0. The Morgan fingerprint density at radius 3 is 2.58 bits per heavy atom. The molecule has 2 heterocycles. The van der Waals surface area contributed by atoms with E-state index in [1.54, 1.807) is 18.2 Å². The third-order valence-electron chi connectivity index (χ3n) is 3.75. The number of nitrogens with one attached hydrogen (secondary N) is 2. The van der Waals surface area contributed by atoms with E-state index in [1.807, 2.05) is 0 Å². The number of carbonyl (C=O) groups excluding carboxylic acids is 1. The van der Waals surface area contributed by atoms with Crippen molar-refractivity contribution in [3.05, 3.63) is 73.2 Å². The van der Waals surface area contributed by atoms with Crippen LogP contribution in [0.25, 0.3) is 0 Å². The summed E-state index contributed by atoms with van der Waals surface area (Å²) in [4.78, 5) is 30.9. The Balaban J connectivity index is 1.77. The molecular weight excluding hydrogens is 401 g/mol. The van der Waals surface area contributed by atoms with Gasteiger partial charge in [0.05, 0.1) is 11.8 Å². The van der Waals surface area contributed by atoms with E-state index in [0.29, 0.717) is 21.4 Å². The van der Waals surface area contributed by atoms with Gasteiger partial charge in [-0.1, -0.05) is 29.3 Å². The largest absolute Gasteiger partial charge is 0.345 e. The van der Waals surface area contributed by atoms with Gasteiger partial charge < -0.3 is 10.3 Å². The highest BCUT2D eigenvalue weighted by Gasteiger charge is 2.24. The molecule has 1 aromatic carbocycles. The Morgan fingerprint density at radius 1 is 1.31 bits per heavy atom. The average Bonchev–Trinajstić information content (AvgIpc) is 2.89. The smallest absolute Gasteiger partial charge is 0.263 e. The van der Waals surface area contributed by atoms with Crippen LogP contribution in [0.4, 0.5) is 0 Å². The summed E-state index contributed by atoms with van der Waals surface area (Å²) in [6.07, 6.45) is 2.70. The van der Waals surface area contributed by atoms with E-state index in [2.05, 4.69) is 15.3 Å². The molecule has 1 aromatic heterocycles. The van der Waals surface area contributed by atoms with Crippen LogP contribution in [0.1, 0.15) is 21.7 Å². The predicted molar refractivity (Wildman–Crippen MR) is 98.3 cm³/mol. The van der Waals surface area contributed by atoms with Gasteiger partial charge in [-0.2, -0.15) is 0 Å². The van der Waals surface area contributed by atoms with Gasteiger partial charge in [-0.15, -0.1) is 0 Å². The minimum absolute atomic E-state index is 0.194. The Kier molecular flexibility index (Phi) is 5.17. The zero-order chi connectivity index (χ0) is 18.9. The fourth-order valence-electron chi connectivity index (χ4n) is 2.46. The van der Waals surface area contributed by atoms with Gasteiger partial charge in [0.25, 0.3) is 11.5 Å². The third-order valence-corrected chi connectivity index (χ3v) is 5.85. The number of halogens is 2. The highest BCUT2D eigenvalue weighted by atomic mass is 35.5. The first-order valence-corrected chi connectivity index (χ1v) is 9.95. The summed E-state index contributed by atoms with van der Waals surface area (Å²) in [7, 11) is -3.30. The molecule has 0 aliphatic carbocycles. The summed E-state index contributed by atoms with van der Waals surface area (Å²) < 4.78 is 22.7. The Hall–Kier alpha value is -2.16. The van der Waals surface area contributed by atoms with E-state index in [4.69, 9.17) is 23.2 Å². The van der Waals surface area contributed by atoms with Gasteiger partial charge in [-0.05, 0) is 23.8 Å². The maximum atomic E-state index is 12.2. The van der Waals surface area contributed by atoms with Crippen molar-refractivity contribution in [2.45, 2.75) is 12.5 Å². The van der Waals surface area contributed by atoms with Crippen molar-refractivity contribution in [3.63, 3.8) is 0 Å². The molecule has 26 heavy (non-hydrogen) atoms. The lowest BCUT2D eigenvalue weighted by molar-refractivity contribution is 0.0945. The molecule has 1 aliphatic heterocycles. The van der Waals surface area contributed by atoms with Crippen LogP contribution in [0.15, 0.2) is 40.7 Å². The second-order valence-electron chi connectivity index (χ2n) is 5.69. The molecular formula is C16H13Cl2N3O4S. The molecule has 0 radical (unpaired) electrons. The molecule has 2 N–H and O–H groups in total. The van der Waals surface area contributed by atoms with Crippen LogP contribution in [0.2, 0.25) is 10.0 Å². The molecule has 3 rings (SSSR count). The molecule has 1 amide bonds. The maximum absolute atomic E-state index is 12.2. The summed E-state index contributed by atoms with van der Waals surface area (Å²) in [5.74, 6) is -0.634. The molecule has 2 aromatic rings. The molecule has 0 fully saturated rings. The first kappa shape index (κ1) is 18.6. The van der Waals surface area contributed by atoms with Crippen LogP contribution >= 0.6 is 23.2 Å². The lowest BCUT2D eigenvalue weighted by atomic mass is 10.1. The third kappa shape index (κ3) is 4.14. The van der Waals surface area contributed by atoms with E-state index in [1.165, 1.54) is 6.08 Å². The molecule has 136 valence electrons. The zero-order valence-corrected chi connectivity index (χ0v) is 15.5. The fraction of sp³-hybridized carbons (Fsp3) is 0.188. The Morgan fingerprint density at radius 2 is 2.00 bits per heavy atom. The van der Waals surface area contributed by atoms with E-state index >= 15 is 0 Å². The minimum Gasteiger partial charge on any atom is -0.345 e. The molecule has 1 aliphatic rings. The lowest BCUT2D eigenvalue weighted by Gasteiger charge is -2.10. The summed E-state index contributed by atoms with van der Waals surface area (Å²) in [5.41, 5.74) is -0.241. The van der Waals surface area contributed by atoms with Crippen molar-refractivity contribution in [1.29, 1.82) is 0 Å². The number of hydrogen-bond donors (Lipinski definition) is 2.